The van der Waals surface area contributed by atoms with Gasteiger partial charge in [-0.2, -0.15) is 0 Å². The zero-order valence-electron chi connectivity index (χ0n) is 10.6. The highest BCUT2D eigenvalue weighted by Crippen LogP contribution is 2.21. The van der Waals surface area contributed by atoms with E-state index in [1.165, 1.54) is 0 Å². The van der Waals surface area contributed by atoms with E-state index in [1.54, 1.807) is 17.8 Å². The van der Waals surface area contributed by atoms with Gasteiger partial charge in [-0.05, 0) is 31.5 Å². The summed E-state index contributed by atoms with van der Waals surface area (Å²) in [5.41, 5.74) is 3.82. The van der Waals surface area contributed by atoms with Gasteiger partial charge < -0.3 is 9.55 Å². The molecule has 2 aromatic heterocycles. The third kappa shape index (κ3) is 1.40. The molecule has 0 atom stereocenters. The fourth-order valence-electron chi connectivity index (χ4n) is 2.26. The fraction of sp³-hybridized carbons (Fsp3) is 0.231. The number of aromatic nitrogens is 4. The lowest BCUT2D eigenvalue weighted by atomic mass is 10.1. The van der Waals surface area contributed by atoms with Gasteiger partial charge in [-0.1, -0.05) is 0 Å². The van der Waals surface area contributed by atoms with E-state index in [0.29, 0.717) is 0 Å². The van der Waals surface area contributed by atoms with Gasteiger partial charge in [0.2, 0.25) is 0 Å². The van der Waals surface area contributed by atoms with E-state index < -0.39 is 0 Å². The second-order valence-electron chi connectivity index (χ2n) is 4.49. The molecule has 5 heteroatoms. The lowest BCUT2D eigenvalue weighted by molar-refractivity contribution is 0.889. The number of hydrogen-bond acceptors (Lipinski definition) is 2. The molecule has 0 amide bonds. The molecule has 0 bridgehead atoms. The van der Waals surface area contributed by atoms with Crippen LogP contribution in [0.3, 0.4) is 0 Å². The maximum atomic E-state index is 11.6. The number of aryl methyl sites for hydroxylation is 3. The summed E-state index contributed by atoms with van der Waals surface area (Å²) in [5.74, 6) is 0.929. The van der Waals surface area contributed by atoms with Crippen molar-refractivity contribution in [2.45, 2.75) is 13.8 Å². The summed E-state index contributed by atoms with van der Waals surface area (Å²) in [6.07, 6.45) is 3.70. The van der Waals surface area contributed by atoms with Gasteiger partial charge in [-0.15, -0.1) is 0 Å². The first-order valence-electron chi connectivity index (χ1n) is 5.77. The van der Waals surface area contributed by atoms with Crippen LogP contribution in [0.2, 0.25) is 0 Å². The lowest BCUT2D eigenvalue weighted by Gasteiger charge is -2.09. The van der Waals surface area contributed by atoms with Crippen LogP contribution in [0.5, 0.6) is 0 Å². The first kappa shape index (κ1) is 10.8. The smallest absolute Gasteiger partial charge is 0.306 e. The minimum absolute atomic E-state index is 0.0936. The van der Waals surface area contributed by atoms with Gasteiger partial charge in [0.25, 0.3) is 0 Å². The van der Waals surface area contributed by atoms with Crippen molar-refractivity contribution in [2.24, 2.45) is 7.05 Å². The Labute approximate surface area is 104 Å². The van der Waals surface area contributed by atoms with Crippen molar-refractivity contribution < 1.29 is 0 Å². The Hall–Kier alpha value is -2.30. The molecular formula is C13H14N4O. The summed E-state index contributed by atoms with van der Waals surface area (Å²) in [7, 11) is 1.76. The third-order valence-electron chi connectivity index (χ3n) is 3.31. The van der Waals surface area contributed by atoms with Crippen LogP contribution < -0.4 is 5.69 Å². The van der Waals surface area contributed by atoms with E-state index in [2.05, 4.69) is 9.97 Å². The average molecular weight is 242 g/mol. The molecule has 3 rings (SSSR count). The number of rotatable bonds is 1. The Balaban J connectivity index is 2.37. The Morgan fingerprint density at radius 1 is 1.28 bits per heavy atom. The second-order valence-corrected chi connectivity index (χ2v) is 4.49. The summed E-state index contributed by atoms with van der Waals surface area (Å²) in [5, 5.41) is 0. The number of hydrogen-bond donors (Lipinski definition) is 1. The highest BCUT2D eigenvalue weighted by atomic mass is 16.1. The third-order valence-corrected chi connectivity index (χ3v) is 3.31. The number of fused-ring (bicyclic) bond motifs is 1. The molecular weight excluding hydrogens is 228 g/mol. The van der Waals surface area contributed by atoms with Crippen molar-refractivity contribution in [2.75, 3.05) is 0 Å². The van der Waals surface area contributed by atoms with Crippen molar-refractivity contribution >= 4 is 11.0 Å². The normalized spacial score (nSPS) is 11.3. The number of nitrogens with zero attached hydrogens (tertiary/aromatic N) is 3. The maximum absolute atomic E-state index is 11.6. The predicted octanol–water partition coefficient (Wildman–Crippen LogP) is 1.67. The largest absolute Gasteiger partial charge is 0.326 e. The van der Waals surface area contributed by atoms with E-state index in [0.717, 1.165) is 28.1 Å². The van der Waals surface area contributed by atoms with Gasteiger partial charge in [-0.3, -0.25) is 4.57 Å². The Morgan fingerprint density at radius 2 is 2.06 bits per heavy atom. The van der Waals surface area contributed by atoms with E-state index in [4.69, 9.17) is 0 Å². The minimum Gasteiger partial charge on any atom is -0.306 e. The molecule has 0 fully saturated rings. The molecule has 3 aromatic rings. The molecule has 18 heavy (non-hydrogen) atoms. The number of H-pyrrole nitrogens is 1. The quantitative estimate of drug-likeness (QED) is 0.705. The van der Waals surface area contributed by atoms with Gasteiger partial charge >= 0.3 is 5.69 Å². The molecule has 0 radical (unpaired) electrons. The van der Waals surface area contributed by atoms with E-state index in [9.17, 15) is 4.79 Å². The zero-order chi connectivity index (χ0) is 12.9. The standard InChI is InChI=1S/C13H14N4O/c1-8-6-10-12(16(3)13(18)15-10)7-11(8)17-5-4-14-9(17)2/h4-7H,1-3H3,(H,15,18). The summed E-state index contributed by atoms with van der Waals surface area (Å²) >= 11 is 0. The predicted molar refractivity (Wildman–Crippen MR) is 70.1 cm³/mol. The molecule has 0 spiro atoms. The lowest BCUT2D eigenvalue weighted by Crippen LogP contribution is -2.11. The molecule has 0 unspecified atom stereocenters. The highest BCUT2D eigenvalue weighted by molar-refractivity contribution is 5.79. The topological polar surface area (TPSA) is 55.6 Å². The molecule has 1 N–H and O–H groups in total. The number of nitrogens with one attached hydrogen (secondary N) is 1. The number of aromatic amines is 1. The summed E-state index contributed by atoms with van der Waals surface area (Å²) in [6, 6.07) is 4.00. The summed E-state index contributed by atoms with van der Waals surface area (Å²) in [4.78, 5) is 18.7. The number of imidazole rings is 2. The van der Waals surface area contributed by atoms with Crippen molar-refractivity contribution in [1.29, 1.82) is 0 Å². The van der Waals surface area contributed by atoms with Crippen LogP contribution in [0, 0.1) is 13.8 Å². The first-order chi connectivity index (χ1) is 8.58. The van der Waals surface area contributed by atoms with E-state index in [1.807, 2.05) is 36.7 Å². The maximum Gasteiger partial charge on any atom is 0.326 e. The molecule has 5 nitrogen and oxygen atoms in total. The Morgan fingerprint density at radius 3 is 2.72 bits per heavy atom. The van der Waals surface area contributed by atoms with Crippen LogP contribution in [0.1, 0.15) is 11.4 Å². The van der Waals surface area contributed by atoms with E-state index in [-0.39, 0.29) is 5.69 Å². The van der Waals surface area contributed by atoms with Crippen LogP contribution >= 0.6 is 0 Å². The van der Waals surface area contributed by atoms with Crippen molar-refractivity contribution in [3.63, 3.8) is 0 Å². The molecule has 0 aliphatic rings. The molecule has 0 saturated carbocycles. The minimum atomic E-state index is -0.0936. The molecule has 2 heterocycles. The highest BCUT2D eigenvalue weighted by Gasteiger charge is 2.09. The van der Waals surface area contributed by atoms with Crippen molar-refractivity contribution in [3.05, 3.63) is 46.4 Å². The fourth-order valence-corrected chi connectivity index (χ4v) is 2.26. The summed E-state index contributed by atoms with van der Waals surface area (Å²) in [6.45, 7) is 3.99. The average Bonchev–Trinajstić information content (AvgIpc) is 2.84. The van der Waals surface area contributed by atoms with Crippen LogP contribution in [0.15, 0.2) is 29.3 Å². The van der Waals surface area contributed by atoms with Crippen molar-refractivity contribution in [3.8, 4) is 5.69 Å². The second kappa shape index (κ2) is 3.60. The molecule has 92 valence electrons. The summed E-state index contributed by atoms with van der Waals surface area (Å²) < 4.78 is 3.64. The SMILES string of the molecule is Cc1cc2[nH]c(=O)n(C)c2cc1-n1ccnc1C. The monoisotopic (exact) mass is 242 g/mol. The Bertz CT molecular complexity index is 791. The van der Waals surface area contributed by atoms with Crippen LogP contribution in [-0.4, -0.2) is 19.1 Å². The van der Waals surface area contributed by atoms with Gasteiger partial charge in [0.1, 0.15) is 5.82 Å². The van der Waals surface area contributed by atoms with Gasteiger partial charge in [-0.25, -0.2) is 9.78 Å². The van der Waals surface area contributed by atoms with Crippen LogP contribution in [0.25, 0.3) is 16.7 Å². The number of benzene rings is 1. The molecule has 1 aromatic carbocycles. The van der Waals surface area contributed by atoms with Crippen LogP contribution in [-0.2, 0) is 7.05 Å². The van der Waals surface area contributed by atoms with Gasteiger partial charge in [0.05, 0.1) is 16.7 Å². The van der Waals surface area contributed by atoms with Gasteiger partial charge in [0.15, 0.2) is 0 Å². The zero-order valence-corrected chi connectivity index (χ0v) is 10.6. The van der Waals surface area contributed by atoms with Crippen molar-refractivity contribution in [1.82, 2.24) is 19.1 Å². The molecule has 0 aliphatic heterocycles. The van der Waals surface area contributed by atoms with Gasteiger partial charge in [0, 0.05) is 19.4 Å². The molecule has 0 saturated heterocycles. The van der Waals surface area contributed by atoms with E-state index >= 15 is 0 Å². The molecule has 0 aliphatic carbocycles. The first-order valence-corrected chi connectivity index (χ1v) is 5.77. The Kier molecular flexibility index (Phi) is 2.16. The van der Waals surface area contributed by atoms with Crippen LogP contribution in [0.4, 0.5) is 0 Å².